The predicted octanol–water partition coefficient (Wildman–Crippen LogP) is 0.415. The first-order chi connectivity index (χ1) is 7.22. The van der Waals surface area contributed by atoms with Crippen molar-refractivity contribution in [2.75, 3.05) is 0 Å². The Bertz CT molecular complexity index is 311. The summed E-state index contributed by atoms with van der Waals surface area (Å²) in [6, 6.07) is 0. The SMILES string of the molecule is O=C(O)CCCCCn1cc(CO)nn1. The van der Waals surface area contributed by atoms with E-state index >= 15 is 0 Å². The minimum atomic E-state index is -0.752. The zero-order valence-electron chi connectivity index (χ0n) is 8.46. The lowest BCUT2D eigenvalue weighted by Gasteiger charge is -1.99. The molecule has 0 radical (unpaired) electrons. The van der Waals surface area contributed by atoms with Crippen LogP contribution >= 0.6 is 0 Å². The molecule has 0 aliphatic heterocycles. The van der Waals surface area contributed by atoms with Gasteiger partial charge in [0.25, 0.3) is 0 Å². The molecule has 84 valence electrons. The number of aliphatic hydroxyl groups is 1. The van der Waals surface area contributed by atoms with E-state index in [1.54, 1.807) is 10.9 Å². The number of nitrogens with zero attached hydrogens (tertiary/aromatic N) is 3. The van der Waals surface area contributed by atoms with Crippen molar-refractivity contribution in [3.63, 3.8) is 0 Å². The Labute approximate surface area is 87.5 Å². The Hall–Kier alpha value is -1.43. The minimum absolute atomic E-state index is 0.0982. The van der Waals surface area contributed by atoms with Crippen LogP contribution < -0.4 is 0 Å². The summed E-state index contributed by atoms with van der Waals surface area (Å²) >= 11 is 0. The highest BCUT2D eigenvalue weighted by atomic mass is 16.4. The lowest BCUT2D eigenvalue weighted by atomic mass is 10.2. The average Bonchev–Trinajstić information content (AvgIpc) is 2.65. The summed E-state index contributed by atoms with van der Waals surface area (Å²) in [5.74, 6) is -0.752. The number of aryl methyl sites for hydroxylation is 1. The number of aliphatic carboxylic acids is 1. The van der Waals surface area contributed by atoms with E-state index in [-0.39, 0.29) is 13.0 Å². The molecule has 1 aromatic rings. The molecule has 0 saturated heterocycles. The maximum Gasteiger partial charge on any atom is 0.303 e. The number of carboxylic acids is 1. The monoisotopic (exact) mass is 213 g/mol. The third-order valence-electron chi connectivity index (χ3n) is 2.03. The highest BCUT2D eigenvalue weighted by Gasteiger charge is 1.99. The standard InChI is InChI=1S/C9H15N3O3/c13-7-8-6-12(11-10-8)5-3-1-2-4-9(14)15/h6,13H,1-5,7H2,(H,14,15). The second-order valence-corrected chi connectivity index (χ2v) is 3.34. The predicted molar refractivity (Wildman–Crippen MR) is 52.0 cm³/mol. The summed E-state index contributed by atoms with van der Waals surface area (Å²) in [7, 11) is 0. The summed E-state index contributed by atoms with van der Waals surface area (Å²) in [4.78, 5) is 10.2. The summed E-state index contributed by atoms with van der Waals surface area (Å²) in [6.45, 7) is 0.617. The second-order valence-electron chi connectivity index (χ2n) is 3.34. The molecule has 0 fully saturated rings. The fraction of sp³-hybridized carbons (Fsp3) is 0.667. The fourth-order valence-corrected chi connectivity index (χ4v) is 1.25. The Balaban J connectivity index is 2.12. The van der Waals surface area contributed by atoms with Gasteiger partial charge in [-0.15, -0.1) is 5.10 Å². The molecule has 1 heterocycles. The molecule has 0 amide bonds. The van der Waals surface area contributed by atoms with E-state index < -0.39 is 5.97 Å². The molecule has 0 aromatic carbocycles. The summed E-state index contributed by atoms with van der Waals surface area (Å²) < 4.78 is 1.66. The molecule has 0 atom stereocenters. The summed E-state index contributed by atoms with van der Waals surface area (Å²) in [6.07, 6.45) is 4.34. The van der Waals surface area contributed by atoms with Crippen molar-refractivity contribution in [3.05, 3.63) is 11.9 Å². The molecule has 1 rings (SSSR count). The van der Waals surface area contributed by atoms with Crippen LogP contribution in [0.4, 0.5) is 0 Å². The molecule has 0 aliphatic rings. The topological polar surface area (TPSA) is 88.2 Å². The fourth-order valence-electron chi connectivity index (χ4n) is 1.25. The molecular weight excluding hydrogens is 198 g/mol. The quantitative estimate of drug-likeness (QED) is 0.640. The van der Waals surface area contributed by atoms with Gasteiger partial charge < -0.3 is 10.2 Å². The van der Waals surface area contributed by atoms with Crippen molar-refractivity contribution in [3.8, 4) is 0 Å². The van der Waals surface area contributed by atoms with Crippen LogP contribution in [0.25, 0.3) is 0 Å². The van der Waals surface area contributed by atoms with Crippen LogP contribution in [0.3, 0.4) is 0 Å². The lowest BCUT2D eigenvalue weighted by molar-refractivity contribution is -0.137. The van der Waals surface area contributed by atoms with Crippen molar-refractivity contribution in [1.82, 2.24) is 15.0 Å². The van der Waals surface area contributed by atoms with Crippen molar-refractivity contribution in [2.45, 2.75) is 38.8 Å². The van der Waals surface area contributed by atoms with Gasteiger partial charge in [-0.05, 0) is 12.8 Å². The van der Waals surface area contributed by atoms with Gasteiger partial charge in [0.2, 0.25) is 0 Å². The van der Waals surface area contributed by atoms with Crippen LogP contribution in [-0.2, 0) is 17.9 Å². The van der Waals surface area contributed by atoms with Crippen LogP contribution in [-0.4, -0.2) is 31.2 Å². The van der Waals surface area contributed by atoms with E-state index in [1.807, 2.05) is 0 Å². The van der Waals surface area contributed by atoms with Gasteiger partial charge in [-0.2, -0.15) is 0 Å². The van der Waals surface area contributed by atoms with Gasteiger partial charge in [0, 0.05) is 13.0 Å². The van der Waals surface area contributed by atoms with Gasteiger partial charge in [-0.25, -0.2) is 0 Å². The smallest absolute Gasteiger partial charge is 0.303 e. The van der Waals surface area contributed by atoms with E-state index in [0.717, 1.165) is 12.8 Å². The molecule has 2 N–H and O–H groups in total. The van der Waals surface area contributed by atoms with Crippen LogP contribution in [0, 0.1) is 0 Å². The molecule has 15 heavy (non-hydrogen) atoms. The Morgan fingerprint density at radius 3 is 2.80 bits per heavy atom. The van der Waals surface area contributed by atoms with Crippen LogP contribution in [0.1, 0.15) is 31.4 Å². The third-order valence-corrected chi connectivity index (χ3v) is 2.03. The first kappa shape index (κ1) is 11.6. The number of rotatable bonds is 7. The second kappa shape index (κ2) is 6.13. The van der Waals surface area contributed by atoms with Crippen molar-refractivity contribution >= 4 is 5.97 Å². The van der Waals surface area contributed by atoms with Crippen LogP contribution in [0.5, 0.6) is 0 Å². The number of hydrogen-bond acceptors (Lipinski definition) is 4. The minimum Gasteiger partial charge on any atom is -0.481 e. The van der Waals surface area contributed by atoms with E-state index in [1.165, 1.54) is 0 Å². The highest BCUT2D eigenvalue weighted by Crippen LogP contribution is 2.02. The van der Waals surface area contributed by atoms with Gasteiger partial charge in [0.05, 0.1) is 12.8 Å². The zero-order chi connectivity index (χ0) is 11.1. The van der Waals surface area contributed by atoms with Gasteiger partial charge in [0.15, 0.2) is 0 Å². The number of carbonyl (C=O) groups is 1. The number of unbranched alkanes of at least 4 members (excludes halogenated alkanes) is 2. The van der Waals surface area contributed by atoms with E-state index in [4.69, 9.17) is 10.2 Å². The third kappa shape index (κ3) is 4.55. The maximum absolute atomic E-state index is 10.2. The number of carboxylic acid groups (broad SMARTS) is 1. The van der Waals surface area contributed by atoms with Gasteiger partial charge in [0.1, 0.15) is 5.69 Å². The van der Waals surface area contributed by atoms with Crippen molar-refractivity contribution in [2.24, 2.45) is 0 Å². The largest absolute Gasteiger partial charge is 0.481 e. The Morgan fingerprint density at radius 2 is 2.20 bits per heavy atom. The first-order valence-electron chi connectivity index (χ1n) is 4.94. The van der Waals surface area contributed by atoms with Gasteiger partial charge in [-0.1, -0.05) is 11.6 Å². The number of aromatic nitrogens is 3. The summed E-state index contributed by atoms with van der Waals surface area (Å²) in [5.41, 5.74) is 0.556. The van der Waals surface area contributed by atoms with Gasteiger partial charge >= 0.3 is 5.97 Å². The zero-order valence-corrected chi connectivity index (χ0v) is 8.46. The van der Waals surface area contributed by atoms with Crippen molar-refractivity contribution < 1.29 is 15.0 Å². The first-order valence-corrected chi connectivity index (χ1v) is 4.94. The molecular formula is C9H15N3O3. The molecule has 1 aromatic heterocycles. The van der Waals surface area contributed by atoms with Crippen LogP contribution in [0.2, 0.25) is 0 Å². The molecule has 6 heteroatoms. The number of aliphatic hydroxyl groups excluding tert-OH is 1. The Kier molecular flexibility index (Phi) is 4.76. The highest BCUT2D eigenvalue weighted by molar-refractivity contribution is 5.66. The average molecular weight is 213 g/mol. The van der Waals surface area contributed by atoms with E-state index in [9.17, 15) is 4.79 Å². The molecule has 0 aliphatic carbocycles. The molecule has 0 spiro atoms. The van der Waals surface area contributed by atoms with E-state index in [0.29, 0.717) is 18.7 Å². The lowest BCUT2D eigenvalue weighted by Crippen LogP contribution is -2.00. The molecule has 0 bridgehead atoms. The Morgan fingerprint density at radius 1 is 1.40 bits per heavy atom. The van der Waals surface area contributed by atoms with E-state index in [2.05, 4.69) is 10.3 Å². The molecule has 0 saturated carbocycles. The number of hydrogen-bond donors (Lipinski definition) is 2. The summed E-state index contributed by atoms with van der Waals surface area (Å²) in [5, 5.41) is 24.7. The molecule has 0 unspecified atom stereocenters. The van der Waals surface area contributed by atoms with Crippen molar-refractivity contribution in [1.29, 1.82) is 0 Å². The van der Waals surface area contributed by atoms with Gasteiger partial charge in [-0.3, -0.25) is 9.48 Å². The molecule has 6 nitrogen and oxygen atoms in total. The maximum atomic E-state index is 10.2. The normalized spacial score (nSPS) is 10.5. The van der Waals surface area contributed by atoms with Crippen LogP contribution in [0.15, 0.2) is 6.20 Å².